The molecule has 2 atom stereocenters. The van der Waals surface area contributed by atoms with Crippen molar-refractivity contribution >= 4 is 17.7 Å². The first-order chi connectivity index (χ1) is 11.5. The van der Waals surface area contributed by atoms with Crippen LogP contribution in [0.4, 0.5) is 0 Å². The second kappa shape index (κ2) is 9.85. The SMILES string of the molecule is CCNC(=NCC1(O)CCSC1)NCC(C(C)C)N1CCOCC1. The van der Waals surface area contributed by atoms with E-state index in [1.54, 1.807) is 0 Å². The number of nitrogens with one attached hydrogen (secondary N) is 2. The van der Waals surface area contributed by atoms with Crippen LogP contribution in [-0.4, -0.2) is 85.1 Å². The third-order valence-electron chi connectivity index (χ3n) is 4.72. The molecular weight excluding hydrogens is 324 g/mol. The number of aliphatic hydroxyl groups is 1. The molecule has 3 N–H and O–H groups in total. The minimum atomic E-state index is -0.630. The largest absolute Gasteiger partial charge is 0.387 e. The van der Waals surface area contributed by atoms with Crippen molar-refractivity contribution in [2.24, 2.45) is 10.9 Å². The van der Waals surface area contributed by atoms with Gasteiger partial charge in [-0.3, -0.25) is 9.89 Å². The highest BCUT2D eigenvalue weighted by atomic mass is 32.2. The highest BCUT2D eigenvalue weighted by molar-refractivity contribution is 7.99. The molecule has 0 bridgehead atoms. The molecule has 0 aromatic carbocycles. The highest BCUT2D eigenvalue weighted by Gasteiger charge is 2.31. The molecule has 0 aromatic rings. The third-order valence-corrected chi connectivity index (χ3v) is 5.96. The molecule has 2 aliphatic rings. The smallest absolute Gasteiger partial charge is 0.191 e. The molecule has 2 unspecified atom stereocenters. The van der Waals surface area contributed by atoms with Crippen molar-refractivity contribution in [2.45, 2.75) is 38.8 Å². The quantitative estimate of drug-likeness (QED) is 0.461. The van der Waals surface area contributed by atoms with Gasteiger partial charge in [-0.25, -0.2) is 0 Å². The minimum Gasteiger partial charge on any atom is -0.387 e. The molecule has 140 valence electrons. The van der Waals surface area contributed by atoms with Crippen LogP contribution in [0.3, 0.4) is 0 Å². The van der Waals surface area contributed by atoms with Gasteiger partial charge in [-0.05, 0) is 25.0 Å². The number of rotatable bonds is 7. The van der Waals surface area contributed by atoms with E-state index in [1.165, 1.54) is 0 Å². The number of hydrogen-bond acceptors (Lipinski definition) is 5. The first kappa shape index (κ1) is 19.8. The normalized spacial score (nSPS) is 27.5. The molecule has 6 nitrogen and oxygen atoms in total. The molecule has 0 radical (unpaired) electrons. The average molecular weight is 359 g/mol. The number of thioether (sulfide) groups is 1. The van der Waals surface area contributed by atoms with Gasteiger partial charge in [-0.15, -0.1) is 0 Å². The molecule has 0 amide bonds. The fraction of sp³-hybridized carbons (Fsp3) is 0.941. The predicted molar refractivity (Wildman–Crippen MR) is 102 cm³/mol. The lowest BCUT2D eigenvalue weighted by atomic mass is 10.0. The van der Waals surface area contributed by atoms with Gasteiger partial charge in [-0.2, -0.15) is 11.8 Å². The molecule has 2 aliphatic heterocycles. The fourth-order valence-corrected chi connectivity index (χ4v) is 4.47. The summed E-state index contributed by atoms with van der Waals surface area (Å²) in [4.78, 5) is 7.14. The maximum absolute atomic E-state index is 10.5. The molecular formula is C17H34N4O2S. The summed E-state index contributed by atoms with van der Waals surface area (Å²) < 4.78 is 5.47. The van der Waals surface area contributed by atoms with E-state index in [0.717, 1.165) is 63.3 Å². The number of nitrogens with zero attached hydrogens (tertiary/aromatic N) is 2. The van der Waals surface area contributed by atoms with E-state index in [4.69, 9.17) is 4.74 Å². The summed E-state index contributed by atoms with van der Waals surface area (Å²) in [6.45, 7) is 12.4. The first-order valence-corrected chi connectivity index (χ1v) is 10.3. The van der Waals surface area contributed by atoms with Crippen LogP contribution in [0.15, 0.2) is 4.99 Å². The zero-order valence-corrected chi connectivity index (χ0v) is 16.2. The molecule has 0 aliphatic carbocycles. The van der Waals surface area contributed by atoms with Crippen LogP contribution in [0, 0.1) is 5.92 Å². The molecule has 2 rings (SSSR count). The van der Waals surface area contributed by atoms with Crippen LogP contribution < -0.4 is 10.6 Å². The van der Waals surface area contributed by atoms with Crippen LogP contribution >= 0.6 is 11.8 Å². The number of hydrogen-bond donors (Lipinski definition) is 3. The van der Waals surface area contributed by atoms with Gasteiger partial charge in [0, 0.05) is 38.0 Å². The number of morpholine rings is 1. The van der Waals surface area contributed by atoms with Crippen molar-refractivity contribution in [1.82, 2.24) is 15.5 Å². The first-order valence-electron chi connectivity index (χ1n) is 9.18. The van der Waals surface area contributed by atoms with E-state index >= 15 is 0 Å². The molecule has 2 heterocycles. The predicted octanol–water partition coefficient (Wildman–Crippen LogP) is 0.766. The van der Waals surface area contributed by atoms with Crippen LogP contribution in [0.25, 0.3) is 0 Å². The van der Waals surface area contributed by atoms with E-state index in [2.05, 4.69) is 41.3 Å². The summed E-state index contributed by atoms with van der Waals surface area (Å²) >= 11 is 1.81. The Labute approximate surface area is 150 Å². The molecule has 7 heteroatoms. The van der Waals surface area contributed by atoms with Gasteiger partial charge < -0.3 is 20.5 Å². The summed E-state index contributed by atoms with van der Waals surface area (Å²) in [5, 5.41) is 17.3. The summed E-state index contributed by atoms with van der Waals surface area (Å²) in [6, 6.07) is 0.461. The summed E-state index contributed by atoms with van der Waals surface area (Å²) in [5.74, 6) is 3.19. The maximum atomic E-state index is 10.5. The van der Waals surface area contributed by atoms with Crippen LogP contribution in [0.5, 0.6) is 0 Å². The van der Waals surface area contributed by atoms with Crippen molar-refractivity contribution in [3.63, 3.8) is 0 Å². The van der Waals surface area contributed by atoms with E-state index in [0.29, 0.717) is 18.5 Å². The van der Waals surface area contributed by atoms with Crippen LogP contribution in [0.2, 0.25) is 0 Å². The van der Waals surface area contributed by atoms with Gasteiger partial charge >= 0.3 is 0 Å². The Morgan fingerprint density at radius 2 is 2.08 bits per heavy atom. The molecule has 2 saturated heterocycles. The lowest BCUT2D eigenvalue weighted by Gasteiger charge is -2.37. The Morgan fingerprint density at radius 3 is 2.67 bits per heavy atom. The highest BCUT2D eigenvalue weighted by Crippen LogP contribution is 2.27. The Bertz CT molecular complexity index is 394. The molecule has 0 spiro atoms. The standard InChI is InChI=1S/C17H34N4O2S/c1-4-18-16(20-12-17(22)5-10-24-13-17)19-11-15(14(2)3)21-6-8-23-9-7-21/h14-15,22H,4-13H2,1-3H3,(H2,18,19,20). The second-order valence-electron chi connectivity index (χ2n) is 7.06. The number of ether oxygens (including phenoxy) is 1. The fourth-order valence-electron chi connectivity index (χ4n) is 3.19. The maximum Gasteiger partial charge on any atom is 0.191 e. The third kappa shape index (κ3) is 6.10. The Morgan fingerprint density at radius 1 is 1.33 bits per heavy atom. The van der Waals surface area contributed by atoms with Crippen molar-refractivity contribution in [1.29, 1.82) is 0 Å². The lowest BCUT2D eigenvalue weighted by molar-refractivity contribution is 0.00750. The second-order valence-corrected chi connectivity index (χ2v) is 8.17. The molecule has 2 fully saturated rings. The van der Waals surface area contributed by atoms with Gasteiger partial charge in [0.15, 0.2) is 5.96 Å². The molecule has 0 aromatic heterocycles. The van der Waals surface area contributed by atoms with Gasteiger partial charge in [0.05, 0.1) is 25.4 Å². The van der Waals surface area contributed by atoms with E-state index < -0.39 is 5.60 Å². The zero-order chi connectivity index (χ0) is 17.4. The number of aliphatic imine (C=N–C) groups is 1. The lowest BCUT2D eigenvalue weighted by Crippen LogP contribution is -2.52. The average Bonchev–Trinajstić information content (AvgIpc) is 3.00. The van der Waals surface area contributed by atoms with Crippen LogP contribution in [-0.2, 0) is 4.74 Å². The number of guanidine groups is 1. The zero-order valence-electron chi connectivity index (χ0n) is 15.4. The van der Waals surface area contributed by atoms with E-state index in [-0.39, 0.29) is 0 Å². The topological polar surface area (TPSA) is 69.1 Å². The Hall–Kier alpha value is -0.500. The Balaban J connectivity index is 1.90. The molecule has 24 heavy (non-hydrogen) atoms. The summed E-state index contributed by atoms with van der Waals surface area (Å²) in [7, 11) is 0. The van der Waals surface area contributed by atoms with Crippen molar-refractivity contribution in [3.05, 3.63) is 0 Å². The van der Waals surface area contributed by atoms with E-state index in [9.17, 15) is 5.11 Å². The van der Waals surface area contributed by atoms with Gasteiger partial charge in [-0.1, -0.05) is 13.8 Å². The van der Waals surface area contributed by atoms with Gasteiger partial charge in [0.1, 0.15) is 0 Å². The summed E-state index contributed by atoms with van der Waals surface area (Å²) in [6.07, 6.45) is 0.836. The minimum absolute atomic E-state index is 0.461. The van der Waals surface area contributed by atoms with E-state index in [1.807, 2.05) is 11.8 Å². The van der Waals surface area contributed by atoms with Crippen molar-refractivity contribution in [3.8, 4) is 0 Å². The molecule has 0 saturated carbocycles. The van der Waals surface area contributed by atoms with Crippen molar-refractivity contribution < 1.29 is 9.84 Å². The van der Waals surface area contributed by atoms with Crippen molar-refractivity contribution in [2.75, 3.05) is 57.4 Å². The monoisotopic (exact) mass is 358 g/mol. The van der Waals surface area contributed by atoms with Gasteiger partial charge in [0.2, 0.25) is 0 Å². The van der Waals surface area contributed by atoms with Gasteiger partial charge in [0.25, 0.3) is 0 Å². The summed E-state index contributed by atoms with van der Waals surface area (Å²) in [5.41, 5.74) is -0.630. The Kier molecular flexibility index (Phi) is 8.13. The van der Waals surface area contributed by atoms with Crippen LogP contribution in [0.1, 0.15) is 27.2 Å².